The summed E-state index contributed by atoms with van der Waals surface area (Å²) in [6.07, 6.45) is -6.00. The van der Waals surface area contributed by atoms with E-state index in [1.54, 1.807) is 13.2 Å². The first-order valence-electron chi connectivity index (χ1n) is 9.12. The van der Waals surface area contributed by atoms with Gasteiger partial charge in [-0.25, -0.2) is 0 Å². The lowest BCUT2D eigenvalue weighted by Gasteiger charge is -2.39. The molecule has 0 aliphatic carbocycles. The minimum atomic E-state index is -1.48. The van der Waals surface area contributed by atoms with Crippen LogP contribution in [0.25, 0.3) is 0 Å². The molecule has 2 aromatic carbocycles. The molecule has 1 aliphatic rings. The first kappa shape index (κ1) is 20.6. The summed E-state index contributed by atoms with van der Waals surface area (Å²) in [7, 11) is 1.61. The van der Waals surface area contributed by atoms with Crippen molar-refractivity contribution in [3.63, 3.8) is 0 Å². The molecular formula is C21H26O7. The molecule has 4 N–H and O–H groups in total. The van der Waals surface area contributed by atoms with E-state index in [2.05, 4.69) is 0 Å². The molecule has 5 atom stereocenters. The highest BCUT2D eigenvalue weighted by molar-refractivity contribution is 5.41. The van der Waals surface area contributed by atoms with Gasteiger partial charge in [-0.1, -0.05) is 29.8 Å². The van der Waals surface area contributed by atoms with E-state index in [9.17, 15) is 20.4 Å². The second-order valence-corrected chi connectivity index (χ2v) is 6.95. The molecule has 1 aliphatic heterocycles. The fraction of sp³-hybridized carbons (Fsp3) is 0.429. The molecule has 7 nitrogen and oxygen atoms in total. The zero-order valence-electron chi connectivity index (χ0n) is 15.9. The minimum absolute atomic E-state index is 0.491. The van der Waals surface area contributed by atoms with Crippen molar-refractivity contribution in [3.8, 4) is 11.5 Å². The molecule has 2 aromatic rings. The van der Waals surface area contributed by atoms with Crippen LogP contribution in [0.15, 0.2) is 42.5 Å². The van der Waals surface area contributed by atoms with E-state index in [4.69, 9.17) is 14.2 Å². The molecule has 0 bridgehead atoms. The van der Waals surface area contributed by atoms with Crippen LogP contribution in [0.2, 0.25) is 0 Å². The Bertz CT molecular complexity index is 775. The number of aliphatic hydroxyl groups excluding tert-OH is 4. The van der Waals surface area contributed by atoms with Crippen LogP contribution in [-0.4, -0.2) is 64.8 Å². The number of rotatable bonds is 6. The number of aliphatic hydroxyl groups is 4. The zero-order valence-corrected chi connectivity index (χ0v) is 15.9. The number of hydrogen-bond acceptors (Lipinski definition) is 7. The van der Waals surface area contributed by atoms with Crippen molar-refractivity contribution >= 4 is 0 Å². The quantitative estimate of drug-likeness (QED) is 0.577. The molecule has 0 saturated carbocycles. The van der Waals surface area contributed by atoms with Crippen LogP contribution in [0.5, 0.6) is 11.5 Å². The second kappa shape index (κ2) is 8.89. The highest BCUT2D eigenvalue weighted by atomic mass is 16.7. The van der Waals surface area contributed by atoms with Gasteiger partial charge in [-0.3, -0.25) is 0 Å². The maximum absolute atomic E-state index is 10.2. The van der Waals surface area contributed by atoms with Crippen molar-refractivity contribution in [2.24, 2.45) is 0 Å². The van der Waals surface area contributed by atoms with Gasteiger partial charge in [0.2, 0.25) is 6.29 Å². The molecule has 3 rings (SSSR count). The molecule has 1 saturated heterocycles. The monoisotopic (exact) mass is 390 g/mol. The summed E-state index contributed by atoms with van der Waals surface area (Å²) in [5.41, 5.74) is 2.97. The first-order valence-corrected chi connectivity index (χ1v) is 9.12. The Balaban J connectivity index is 1.81. The Morgan fingerprint density at radius 1 is 0.964 bits per heavy atom. The lowest BCUT2D eigenvalue weighted by molar-refractivity contribution is -0.277. The van der Waals surface area contributed by atoms with E-state index < -0.39 is 37.3 Å². The summed E-state index contributed by atoms with van der Waals surface area (Å²) in [6.45, 7) is 1.46. The number of ether oxygens (including phenoxy) is 3. The van der Waals surface area contributed by atoms with E-state index >= 15 is 0 Å². The molecule has 28 heavy (non-hydrogen) atoms. The molecule has 7 heteroatoms. The highest BCUT2D eigenvalue weighted by Crippen LogP contribution is 2.29. The van der Waals surface area contributed by atoms with Crippen LogP contribution in [0.1, 0.15) is 16.7 Å². The predicted octanol–water partition coefficient (Wildman–Crippen LogP) is 0.773. The number of aryl methyl sites for hydroxylation is 1. The summed E-state index contributed by atoms with van der Waals surface area (Å²) in [5.74, 6) is 1.26. The van der Waals surface area contributed by atoms with Crippen LogP contribution < -0.4 is 9.47 Å². The van der Waals surface area contributed by atoms with Gasteiger partial charge in [0.15, 0.2) is 0 Å². The summed E-state index contributed by atoms with van der Waals surface area (Å²) in [5, 5.41) is 39.4. The van der Waals surface area contributed by atoms with E-state index in [1.807, 2.05) is 43.3 Å². The molecule has 0 radical (unpaired) electrons. The third-order valence-corrected chi connectivity index (χ3v) is 4.86. The lowest BCUT2D eigenvalue weighted by Crippen LogP contribution is -2.60. The fourth-order valence-electron chi connectivity index (χ4n) is 3.21. The number of methoxy groups -OCH3 is 1. The summed E-state index contributed by atoms with van der Waals surface area (Å²) >= 11 is 0. The summed E-state index contributed by atoms with van der Waals surface area (Å²) in [6, 6.07) is 13.3. The average Bonchev–Trinajstić information content (AvgIpc) is 2.70. The van der Waals surface area contributed by atoms with Gasteiger partial charge in [0, 0.05) is 6.42 Å². The lowest BCUT2D eigenvalue weighted by atomic mass is 9.99. The van der Waals surface area contributed by atoms with Gasteiger partial charge >= 0.3 is 0 Å². The van der Waals surface area contributed by atoms with Crippen molar-refractivity contribution < 1.29 is 34.6 Å². The van der Waals surface area contributed by atoms with Crippen LogP contribution in [0.3, 0.4) is 0 Å². The van der Waals surface area contributed by atoms with Gasteiger partial charge in [0.05, 0.1) is 13.7 Å². The molecule has 0 aromatic heterocycles. The Kier molecular flexibility index (Phi) is 6.53. The third kappa shape index (κ3) is 4.45. The first-order chi connectivity index (χ1) is 13.4. The van der Waals surface area contributed by atoms with E-state index in [1.165, 1.54) is 0 Å². The van der Waals surface area contributed by atoms with Crippen molar-refractivity contribution in [2.75, 3.05) is 13.7 Å². The van der Waals surface area contributed by atoms with Crippen LogP contribution in [0.4, 0.5) is 0 Å². The van der Waals surface area contributed by atoms with Gasteiger partial charge in [-0.2, -0.15) is 0 Å². The molecule has 0 spiro atoms. The highest BCUT2D eigenvalue weighted by Gasteiger charge is 2.44. The van der Waals surface area contributed by atoms with Crippen molar-refractivity contribution in [2.45, 2.75) is 44.1 Å². The van der Waals surface area contributed by atoms with Crippen LogP contribution in [0, 0.1) is 6.92 Å². The van der Waals surface area contributed by atoms with Crippen molar-refractivity contribution in [3.05, 3.63) is 59.2 Å². The largest absolute Gasteiger partial charge is 0.497 e. The predicted molar refractivity (Wildman–Crippen MR) is 101 cm³/mol. The maximum Gasteiger partial charge on any atom is 0.229 e. The molecule has 1 heterocycles. The second-order valence-electron chi connectivity index (χ2n) is 6.95. The Hall–Kier alpha value is -2.16. The van der Waals surface area contributed by atoms with Crippen LogP contribution in [-0.2, 0) is 11.2 Å². The summed E-state index contributed by atoms with van der Waals surface area (Å²) in [4.78, 5) is 0. The normalized spacial score (nSPS) is 27.4. The van der Waals surface area contributed by atoms with E-state index in [0.717, 1.165) is 22.4 Å². The molecule has 1 fully saturated rings. The zero-order chi connectivity index (χ0) is 20.3. The Morgan fingerprint density at radius 3 is 2.32 bits per heavy atom. The summed E-state index contributed by atoms with van der Waals surface area (Å²) < 4.78 is 16.5. The fourth-order valence-corrected chi connectivity index (χ4v) is 3.21. The topological polar surface area (TPSA) is 109 Å². The Labute approximate surface area is 163 Å². The van der Waals surface area contributed by atoms with Gasteiger partial charge in [0.1, 0.15) is 35.9 Å². The SMILES string of the molecule is COc1ccc(Cc2cc(C)ccc2O[C@@H]2O[C@H](CO)[C@@H](O)[C@H](O)[C@H]2O)cc1. The standard InChI is InChI=1S/C21H26O7/c1-12-3-8-16(14(9-12)10-13-4-6-15(26-2)7-5-13)27-21-20(25)19(24)18(23)17(11-22)28-21/h3-9,17-25H,10-11H2,1-2H3/t17-,18-,19+,20-,21-/m1/s1. The maximum atomic E-state index is 10.2. The molecule has 152 valence electrons. The Morgan fingerprint density at radius 2 is 1.68 bits per heavy atom. The minimum Gasteiger partial charge on any atom is -0.497 e. The third-order valence-electron chi connectivity index (χ3n) is 4.86. The number of benzene rings is 2. The molecule has 0 unspecified atom stereocenters. The van der Waals surface area contributed by atoms with Crippen molar-refractivity contribution in [1.82, 2.24) is 0 Å². The average molecular weight is 390 g/mol. The van der Waals surface area contributed by atoms with Gasteiger partial charge < -0.3 is 34.6 Å². The smallest absolute Gasteiger partial charge is 0.229 e. The van der Waals surface area contributed by atoms with Crippen molar-refractivity contribution in [1.29, 1.82) is 0 Å². The van der Waals surface area contributed by atoms with Gasteiger partial charge in [-0.05, 0) is 36.2 Å². The molecular weight excluding hydrogens is 364 g/mol. The van der Waals surface area contributed by atoms with Gasteiger partial charge in [0.25, 0.3) is 0 Å². The van der Waals surface area contributed by atoms with E-state index in [-0.39, 0.29) is 0 Å². The van der Waals surface area contributed by atoms with Crippen LogP contribution >= 0.6 is 0 Å². The van der Waals surface area contributed by atoms with E-state index in [0.29, 0.717) is 12.2 Å². The molecule has 0 amide bonds. The van der Waals surface area contributed by atoms with Gasteiger partial charge in [-0.15, -0.1) is 0 Å². The number of hydrogen-bond donors (Lipinski definition) is 4.